The van der Waals surface area contributed by atoms with Crippen molar-refractivity contribution >= 4 is 5.69 Å². The minimum Gasteiger partial charge on any atom is -0.497 e. The van der Waals surface area contributed by atoms with E-state index in [-0.39, 0.29) is 0 Å². The molecule has 4 rings (SSSR count). The number of anilines is 1. The molecule has 20 heavy (non-hydrogen) atoms. The Morgan fingerprint density at radius 2 is 1.75 bits per heavy atom. The fraction of sp³-hybridized carbons (Fsp3) is 0.333. The molecule has 0 spiro atoms. The first-order valence-electron chi connectivity index (χ1n) is 7.29. The second-order valence-electron chi connectivity index (χ2n) is 5.46. The van der Waals surface area contributed by atoms with E-state index in [2.05, 4.69) is 48.6 Å². The number of fused-ring (bicyclic) bond motifs is 5. The van der Waals surface area contributed by atoms with Crippen LogP contribution in [-0.4, -0.2) is 7.11 Å². The van der Waals surface area contributed by atoms with Gasteiger partial charge < -0.3 is 10.1 Å². The van der Waals surface area contributed by atoms with E-state index in [0.29, 0.717) is 12.0 Å². The van der Waals surface area contributed by atoms with Crippen LogP contribution in [0, 0.1) is 5.92 Å². The van der Waals surface area contributed by atoms with Crippen LogP contribution in [-0.2, 0) is 6.42 Å². The van der Waals surface area contributed by atoms with Crippen molar-refractivity contribution in [1.29, 1.82) is 0 Å². The molecule has 2 aromatic rings. The van der Waals surface area contributed by atoms with Crippen molar-refractivity contribution in [3.63, 3.8) is 0 Å². The highest BCUT2D eigenvalue weighted by Gasteiger charge is 2.24. The summed E-state index contributed by atoms with van der Waals surface area (Å²) in [6.07, 6.45) is 2.29. The molecule has 2 heteroatoms. The predicted molar refractivity (Wildman–Crippen MR) is 83.3 cm³/mol. The van der Waals surface area contributed by atoms with Gasteiger partial charge in [0.1, 0.15) is 5.75 Å². The third-order valence-corrected chi connectivity index (χ3v) is 4.24. The Bertz CT molecular complexity index is 559. The molecule has 0 amide bonds. The molecule has 0 saturated heterocycles. The van der Waals surface area contributed by atoms with E-state index in [4.69, 9.17) is 4.74 Å². The molecule has 0 fully saturated rings. The first-order valence-corrected chi connectivity index (χ1v) is 7.29. The summed E-state index contributed by atoms with van der Waals surface area (Å²) in [7, 11) is 1.71. The van der Waals surface area contributed by atoms with E-state index in [0.717, 1.165) is 12.2 Å². The molecule has 2 aliphatic rings. The number of hydrogen-bond donors (Lipinski definition) is 1. The van der Waals surface area contributed by atoms with Gasteiger partial charge in [-0.2, -0.15) is 0 Å². The zero-order valence-corrected chi connectivity index (χ0v) is 12.1. The summed E-state index contributed by atoms with van der Waals surface area (Å²) >= 11 is 0. The molecule has 0 aromatic heterocycles. The van der Waals surface area contributed by atoms with Crippen molar-refractivity contribution in [3.05, 3.63) is 59.7 Å². The van der Waals surface area contributed by atoms with E-state index in [9.17, 15) is 0 Å². The molecule has 1 N–H and O–H groups in total. The van der Waals surface area contributed by atoms with Crippen LogP contribution >= 0.6 is 0 Å². The van der Waals surface area contributed by atoms with Gasteiger partial charge in [0.15, 0.2) is 0 Å². The fourth-order valence-electron chi connectivity index (χ4n) is 3.00. The van der Waals surface area contributed by atoms with Crippen LogP contribution in [0.4, 0.5) is 5.69 Å². The van der Waals surface area contributed by atoms with Crippen LogP contribution in [0.5, 0.6) is 5.75 Å². The van der Waals surface area contributed by atoms with E-state index in [1.54, 1.807) is 7.11 Å². The second kappa shape index (κ2) is 5.58. The zero-order chi connectivity index (χ0) is 13.9. The van der Waals surface area contributed by atoms with Gasteiger partial charge in [0.25, 0.3) is 0 Å². The van der Waals surface area contributed by atoms with Gasteiger partial charge in [0, 0.05) is 5.69 Å². The highest BCUT2D eigenvalue weighted by molar-refractivity contribution is 5.49. The molecule has 2 aromatic carbocycles. The molecule has 2 heterocycles. The lowest BCUT2D eigenvalue weighted by atomic mass is 9.84. The van der Waals surface area contributed by atoms with Crippen molar-refractivity contribution < 1.29 is 4.74 Å². The molecule has 2 aliphatic heterocycles. The van der Waals surface area contributed by atoms with Crippen LogP contribution in [0.15, 0.2) is 48.5 Å². The van der Waals surface area contributed by atoms with Crippen molar-refractivity contribution in [2.45, 2.75) is 25.8 Å². The lowest BCUT2D eigenvalue weighted by Gasteiger charge is -2.31. The Kier molecular flexibility index (Phi) is 3.64. The maximum atomic E-state index is 5.25. The van der Waals surface area contributed by atoms with Crippen LogP contribution < -0.4 is 10.1 Å². The maximum Gasteiger partial charge on any atom is 0.118 e. The van der Waals surface area contributed by atoms with Gasteiger partial charge in [-0.15, -0.1) is 0 Å². The second-order valence-corrected chi connectivity index (χ2v) is 5.46. The average molecular weight is 267 g/mol. The molecule has 2 atom stereocenters. The van der Waals surface area contributed by atoms with E-state index in [1.807, 2.05) is 12.1 Å². The molecular formula is C18H21NO. The number of nitrogens with one attached hydrogen (secondary N) is 1. The Labute approximate surface area is 120 Å². The van der Waals surface area contributed by atoms with Crippen LogP contribution in [0.25, 0.3) is 0 Å². The SMILES string of the molecule is CCC1Cc2ccc(cc2)NC1c1ccc(OC)cc1. The minimum atomic E-state index is 0.366. The molecule has 0 saturated carbocycles. The third kappa shape index (κ3) is 2.51. The largest absolute Gasteiger partial charge is 0.497 e. The normalized spacial score (nSPS) is 20.9. The highest BCUT2D eigenvalue weighted by atomic mass is 16.5. The van der Waals surface area contributed by atoms with Gasteiger partial charge in [-0.1, -0.05) is 37.6 Å². The molecule has 0 aliphatic carbocycles. The van der Waals surface area contributed by atoms with Crippen molar-refractivity contribution in [1.82, 2.24) is 0 Å². The number of benzene rings is 2. The topological polar surface area (TPSA) is 21.3 Å². The van der Waals surface area contributed by atoms with Crippen LogP contribution in [0.1, 0.15) is 30.5 Å². The summed E-state index contributed by atoms with van der Waals surface area (Å²) in [5.74, 6) is 1.53. The average Bonchev–Trinajstić information content (AvgIpc) is 2.48. The van der Waals surface area contributed by atoms with E-state index < -0.39 is 0 Å². The molecular weight excluding hydrogens is 246 g/mol. The van der Waals surface area contributed by atoms with Gasteiger partial charge in [0.2, 0.25) is 0 Å². The smallest absolute Gasteiger partial charge is 0.118 e. The van der Waals surface area contributed by atoms with Gasteiger partial charge in [-0.05, 0) is 47.7 Å². The number of methoxy groups -OCH3 is 1. The molecule has 2 nitrogen and oxygen atoms in total. The summed E-state index contributed by atoms with van der Waals surface area (Å²) in [6.45, 7) is 2.27. The molecule has 104 valence electrons. The fourth-order valence-corrected chi connectivity index (χ4v) is 3.00. The van der Waals surface area contributed by atoms with Gasteiger partial charge in [-0.25, -0.2) is 0 Å². The molecule has 2 bridgehead atoms. The maximum absolute atomic E-state index is 5.25. The zero-order valence-electron chi connectivity index (χ0n) is 12.1. The number of hydrogen-bond acceptors (Lipinski definition) is 2. The van der Waals surface area contributed by atoms with E-state index >= 15 is 0 Å². The first-order chi connectivity index (χ1) is 9.80. The summed E-state index contributed by atoms with van der Waals surface area (Å²) in [6, 6.07) is 17.6. The predicted octanol–water partition coefficient (Wildman–Crippen LogP) is 4.43. The lowest BCUT2D eigenvalue weighted by Crippen LogP contribution is -2.24. The van der Waals surface area contributed by atoms with Crippen LogP contribution in [0.3, 0.4) is 0 Å². The van der Waals surface area contributed by atoms with E-state index in [1.165, 1.54) is 23.2 Å². The van der Waals surface area contributed by atoms with Crippen molar-refractivity contribution in [3.8, 4) is 5.75 Å². The van der Waals surface area contributed by atoms with Gasteiger partial charge in [-0.3, -0.25) is 0 Å². The Balaban J connectivity index is 1.93. The number of ether oxygens (including phenoxy) is 1. The van der Waals surface area contributed by atoms with Gasteiger partial charge >= 0.3 is 0 Å². The standard InChI is InChI=1S/C18H21NO/c1-3-14-12-13-4-8-16(9-5-13)19-18(14)15-6-10-17(20-2)11-7-15/h4-11,14,18-19H,3,12H2,1-2H3. The minimum absolute atomic E-state index is 0.366. The van der Waals surface area contributed by atoms with Crippen LogP contribution in [0.2, 0.25) is 0 Å². The summed E-state index contributed by atoms with van der Waals surface area (Å²) in [4.78, 5) is 0. The Morgan fingerprint density at radius 1 is 1.05 bits per heavy atom. The third-order valence-electron chi connectivity index (χ3n) is 4.24. The van der Waals surface area contributed by atoms with Crippen molar-refractivity contribution in [2.24, 2.45) is 5.92 Å². The Hall–Kier alpha value is -1.96. The molecule has 0 radical (unpaired) electrons. The lowest BCUT2D eigenvalue weighted by molar-refractivity contribution is 0.412. The Morgan fingerprint density at radius 3 is 2.35 bits per heavy atom. The highest BCUT2D eigenvalue weighted by Crippen LogP contribution is 2.34. The summed E-state index contributed by atoms with van der Waals surface area (Å²) < 4.78 is 5.25. The summed E-state index contributed by atoms with van der Waals surface area (Å²) in [5, 5.41) is 3.69. The van der Waals surface area contributed by atoms with Crippen molar-refractivity contribution in [2.75, 3.05) is 12.4 Å². The quantitative estimate of drug-likeness (QED) is 0.888. The number of rotatable bonds is 3. The monoisotopic (exact) mass is 267 g/mol. The molecule has 2 unspecified atom stereocenters. The first kappa shape index (κ1) is 13.0. The van der Waals surface area contributed by atoms with Gasteiger partial charge in [0.05, 0.1) is 13.2 Å². The summed E-state index contributed by atoms with van der Waals surface area (Å²) in [5.41, 5.74) is 3.97.